The Morgan fingerprint density at radius 1 is 1.14 bits per heavy atom. The molecule has 0 atom stereocenters. The summed E-state index contributed by atoms with van der Waals surface area (Å²) in [4.78, 5) is 12.0. The number of para-hydroxylation sites is 1. The van der Waals surface area contributed by atoms with E-state index in [-0.39, 0.29) is 17.1 Å². The Balaban J connectivity index is 2.24. The lowest BCUT2D eigenvalue weighted by molar-refractivity contribution is 0.0952. The largest absolute Gasteiger partial charge is 0.507 e. The van der Waals surface area contributed by atoms with Crippen molar-refractivity contribution in [2.45, 2.75) is 6.92 Å². The number of nitrogens with one attached hydrogen (secondary N) is 1. The third-order valence-electron chi connectivity index (χ3n) is 2.89. The molecular formula is C15H12Br2N2O3. The molecule has 0 saturated carbocycles. The van der Waals surface area contributed by atoms with Gasteiger partial charge in [-0.15, -0.1) is 0 Å². The smallest absolute Gasteiger partial charge is 0.275 e. The number of hydrogen-bond acceptors (Lipinski definition) is 4. The summed E-state index contributed by atoms with van der Waals surface area (Å²) in [6.45, 7) is 1.65. The third-order valence-corrected chi connectivity index (χ3v) is 3.95. The van der Waals surface area contributed by atoms with Gasteiger partial charge in [0, 0.05) is 10.0 Å². The minimum atomic E-state index is -0.536. The summed E-state index contributed by atoms with van der Waals surface area (Å²) >= 11 is 6.56. The fourth-order valence-electron chi connectivity index (χ4n) is 1.76. The van der Waals surface area contributed by atoms with Gasteiger partial charge in [0.05, 0.1) is 15.7 Å². The van der Waals surface area contributed by atoms with E-state index >= 15 is 0 Å². The van der Waals surface area contributed by atoms with Crippen LogP contribution in [0.25, 0.3) is 0 Å². The maximum absolute atomic E-state index is 12.0. The van der Waals surface area contributed by atoms with Gasteiger partial charge in [0.25, 0.3) is 5.91 Å². The van der Waals surface area contributed by atoms with E-state index in [0.29, 0.717) is 15.7 Å². The number of carbonyl (C=O) groups excluding carboxylic acids is 1. The average Bonchev–Trinajstić information content (AvgIpc) is 2.48. The van der Waals surface area contributed by atoms with Crippen molar-refractivity contribution in [3.8, 4) is 11.5 Å². The SMILES string of the molecule is C/C(=N\NC(=O)c1ccccc1O)c1cc(Br)cc(Br)c1O. The molecule has 0 fully saturated rings. The highest BCUT2D eigenvalue weighted by atomic mass is 79.9. The van der Waals surface area contributed by atoms with Gasteiger partial charge in [-0.1, -0.05) is 28.1 Å². The lowest BCUT2D eigenvalue weighted by Gasteiger charge is -2.08. The van der Waals surface area contributed by atoms with Crippen molar-refractivity contribution in [1.82, 2.24) is 5.43 Å². The van der Waals surface area contributed by atoms with E-state index in [0.717, 1.165) is 4.47 Å². The highest BCUT2D eigenvalue weighted by Crippen LogP contribution is 2.32. The van der Waals surface area contributed by atoms with Crippen LogP contribution in [0.5, 0.6) is 11.5 Å². The van der Waals surface area contributed by atoms with Crippen molar-refractivity contribution in [3.05, 3.63) is 56.5 Å². The van der Waals surface area contributed by atoms with Crippen LogP contribution in [-0.4, -0.2) is 21.8 Å². The molecule has 2 rings (SSSR count). The summed E-state index contributed by atoms with van der Waals surface area (Å²) < 4.78 is 1.27. The van der Waals surface area contributed by atoms with E-state index in [1.54, 1.807) is 31.2 Å². The van der Waals surface area contributed by atoms with Gasteiger partial charge in [0.1, 0.15) is 11.5 Å². The molecule has 2 aromatic rings. The van der Waals surface area contributed by atoms with E-state index in [1.165, 1.54) is 12.1 Å². The zero-order valence-corrected chi connectivity index (χ0v) is 14.6. The zero-order valence-electron chi connectivity index (χ0n) is 11.5. The van der Waals surface area contributed by atoms with E-state index in [1.807, 2.05) is 0 Å². The number of phenols is 2. The molecule has 0 aliphatic rings. The van der Waals surface area contributed by atoms with Crippen LogP contribution in [0, 0.1) is 0 Å². The minimum absolute atomic E-state index is 0.0289. The van der Waals surface area contributed by atoms with E-state index in [9.17, 15) is 15.0 Å². The van der Waals surface area contributed by atoms with Gasteiger partial charge in [-0.05, 0) is 47.1 Å². The first-order chi connectivity index (χ1) is 10.4. The first-order valence-electron chi connectivity index (χ1n) is 6.21. The van der Waals surface area contributed by atoms with Crippen LogP contribution < -0.4 is 5.43 Å². The second-order valence-corrected chi connectivity index (χ2v) is 6.21. The Bertz CT molecular complexity index is 760. The molecular weight excluding hydrogens is 416 g/mol. The molecule has 0 aliphatic carbocycles. The molecule has 0 bridgehead atoms. The van der Waals surface area contributed by atoms with E-state index < -0.39 is 5.91 Å². The van der Waals surface area contributed by atoms with Crippen molar-refractivity contribution in [2.24, 2.45) is 5.10 Å². The van der Waals surface area contributed by atoms with Crippen LogP contribution in [0.4, 0.5) is 0 Å². The normalized spacial score (nSPS) is 11.3. The van der Waals surface area contributed by atoms with Crippen molar-refractivity contribution < 1.29 is 15.0 Å². The van der Waals surface area contributed by atoms with Crippen LogP contribution in [-0.2, 0) is 0 Å². The number of phenolic OH excluding ortho intramolecular Hbond substituents is 2. The molecule has 0 radical (unpaired) electrons. The maximum Gasteiger partial charge on any atom is 0.275 e. The molecule has 1 amide bonds. The van der Waals surface area contributed by atoms with Crippen LogP contribution in [0.3, 0.4) is 0 Å². The highest BCUT2D eigenvalue weighted by molar-refractivity contribution is 9.11. The Labute approximate surface area is 143 Å². The number of halogens is 2. The number of amides is 1. The summed E-state index contributed by atoms with van der Waals surface area (Å²) in [6.07, 6.45) is 0. The van der Waals surface area contributed by atoms with Gasteiger partial charge in [-0.2, -0.15) is 5.10 Å². The first kappa shape index (κ1) is 16.5. The second-order valence-electron chi connectivity index (χ2n) is 4.44. The van der Waals surface area contributed by atoms with Crippen molar-refractivity contribution in [2.75, 3.05) is 0 Å². The number of rotatable bonds is 3. The molecule has 3 N–H and O–H groups in total. The molecule has 0 aliphatic heterocycles. The minimum Gasteiger partial charge on any atom is -0.507 e. The molecule has 0 unspecified atom stereocenters. The van der Waals surface area contributed by atoms with Gasteiger partial charge >= 0.3 is 0 Å². The Kier molecular flexibility index (Phi) is 5.20. The highest BCUT2D eigenvalue weighted by Gasteiger charge is 2.12. The molecule has 7 heteroatoms. The van der Waals surface area contributed by atoms with Crippen molar-refractivity contribution in [3.63, 3.8) is 0 Å². The Morgan fingerprint density at radius 2 is 1.82 bits per heavy atom. The lowest BCUT2D eigenvalue weighted by Crippen LogP contribution is -2.19. The summed E-state index contributed by atoms with van der Waals surface area (Å²) in [5.74, 6) is -0.631. The molecule has 5 nitrogen and oxygen atoms in total. The fraction of sp³-hybridized carbons (Fsp3) is 0.0667. The van der Waals surface area contributed by atoms with Crippen LogP contribution in [0.1, 0.15) is 22.8 Å². The Hall–Kier alpha value is -1.86. The number of hydrazone groups is 1. The summed E-state index contributed by atoms with van der Waals surface area (Å²) in [5.41, 5.74) is 3.37. The number of carbonyl (C=O) groups is 1. The van der Waals surface area contributed by atoms with Crippen LogP contribution >= 0.6 is 31.9 Å². The van der Waals surface area contributed by atoms with Crippen molar-refractivity contribution >= 4 is 43.5 Å². The average molecular weight is 428 g/mol. The third kappa shape index (κ3) is 3.66. The van der Waals surface area contributed by atoms with Gasteiger partial charge in [-0.3, -0.25) is 4.79 Å². The molecule has 0 heterocycles. The summed E-state index contributed by atoms with van der Waals surface area (Å²) in [5, 5.41) is 23.6. The van der Waals surface area contributed by atoms with Gasteiger partial charge in [0.2, 0.25) is 0 Å². The maximum atomic E-state index is 12.0. The molecule has 0 aromatic heterocycles. The second kappa shape index (κ2) is 6.93. The number of aromatic hydroxyl groups is 2. The first-order valence-corrected chi connectivity index (χ1v) is 7.79. The van der Waals surface area contributed by atoms with Crippen molar-refractivity contribution in [1.29, 1.82) is 0 Å². The molecule has 2 aromatic carbocycles. The zero-order chi connectivity index (χ0) is 16.3. The predicted molar refractivity (Wildman–Crippen MR) is 91.3 cm³/mol. The summed E-state index contributed by atoms with van der Waals surface area (Å²) in [7, 11) is 0. The molecule has 0 spiro atoms. The molecule has 114 valence electrons. The lowest BCUT2D eigenvalue weighted by atomic mass is 10.1. The topological polar surface area (TPSA) is 81.9 Å². The van der Waals surface area contributed by atoms with Gasteiger partial charge in [-0.25, -0.2) is 5.43 Å². The number of benzene rings is 2. The van der Waals surface area contributed by atoms with Crippen LogP contribution in [0.15, 0.2) is 50.4 Å². The monoisotopic (exact) mass is 426 g/mol. The Morgan fingerprint density at radius 3 is 2.50 bits per heavy atom. The number of hydrogen-bond donors (Lipinski definition) is 3. The van der Waals surface area contributed by atoms with E-state index in [4.69, 9.17) is 0 Å². The molecule has 0 saturated heterocycles. The number of nitrogens with zero attached hydrogens (tertiary/aromatic N) is 1. The van der Waals surface area contributed by atoms with Gasteiger partial charge < -0.3 is 10.2 Å². The quantitative estimate of drug-likeness (QED) is 0.515. The standard InChI is InChI=1S/C15H12Br2N2O3/c1-8(11-6-9(16)7-12(17)14(11)21)18-19-15(22)10-4-2-3-5-13(10)20/h2-7,20-21H,1H3,(H,19,22)/b18-8+. The van der Waals surface area contributed by atoms with Crippen LogP contribution in [0.2, 0.25) is 0 Å². The summed E-state index contributed by atoms with van der Waals surface area (Å²) in [6, 6.07) is 9.56. The molecule has 22 heavy (non-hydrogen) atoms. The van der Waals surface area contributed by atoms with Gasteiger partial charge in [0.15, 0.2) is 0 Å². The van der Waals surface area contributed by atoms with E-state index in [2.05, 4.69) is 42.4 Å². The fourth-order valence-corrected chi connectivity index (χ4v) is 2.99. The predicted octanol–water partition coefficient (Wildman–Crippen LogP) is 3.78.